The van der Waals surface area contributed by atoms with E-state index in [4.69, 9.17) is 0 Å². The minimum absolute atomic E-state index is 1.00. The van der Waals surface area contributed by atoms with Crippen molar-refractivity contribution in [3.8, 4) is 0 Å². The van der Waals surface area contributed by atoms with Gasteiger partial charge in [-0.15, -0.1) is 0 Å². The Hall–Kier alpha value is -2.64. The van der Waals surface area contributed by atoms with Gasteiger partial charge in [-0.3, -0.25) is 0 Å². The molecule has 0 unspecified atom stereocenters. The summed E-state index contributed by atoms with van der Waals surface area (Å²) in [5.41, 5.74) is 4.22. The van der Waals surface area contributed by atoms with Gasteiger partial charge in [-0.25, -0.2) is 0 Å². The van der Waals surface area contributed by atoms with Crippen molar-refractivity contribution in [3.63, 3.8) is 0 Å². The Morgan fingerprint density at radius 3 is 1.42 bits per heavy atom. The fourth-order valence-electron chi connectivity index (χ4n) is 4.38. The molecule has 0 aliphatic heterocycles. The van der Waals surface area contributed by atoms with Crippen molar-refractivity contribution in [2.75, 3.05) is 6.54 Å². The monoisotopic (exact) mass is 412 g/mol. The standard InChI is InChI=1S/C30H38N/c1-2-3-4-5-6-7-17-24-31(25-28-18-11-8-12-19-28,26-29-20-13-9-14-21-29)27-30-22-15-10-16-23-30/h7-23H,2-6,24-27H2,1H3/q+1/b17-7+. The fourth-order valence-corrected chi connectivity index (χ4v) is 4.38. The molecule has 0 saturated carbocycles. The summed E-state index contributed by atoms with van der Waals surface area (Å²) in [6.07, 6.45) is 11.4. The van der Waals surface area contributed by atoms with Crippen LogP contribution in [0.5, 0.6) is 0 Å². The maximum Gasteiger partial charge on any atom is 0.105 e. The number of quaternary nitrogens is 1. The van der Waals surface area contributed by atoms with Crippen molar-refractivity contribution in [2.45, 2.75) is 58.7 Å². The van der Waals surface area contributed by atoms with E-state index in [1.165, 1.54) is 48.8 Å². The Labute approximate surface area is 189 Å². The van der Waals surface area contributed by atoms with Gasteiger partial charge in [0.05, 0.1) is 6.54 Å². The molecule has 0 amide bonds. The molecule has 0 radical (unpaired) electrons. The summed E-state index contributed by atoms with van der Waals surface area (Å²) in [6, 6.07) is 33.0. The van der Waals surface area contributed by atoms with E-state index in [-0.39, 0.29) is 0 Å². The van der Waals surface area contributed by atoms with E-state index >= 15 is 0 Å². The summed E-state index contributed by atoms with van der Waals surface area (Å²) in [7, 11) is 0. The summed E-state index contributed by atoms with van der Waals surface area (Å²) < 4.78 is 1.00. The van der Waals surface area contributed by atoms with Crippen LogP contribution in [0.3, 0.4) is 0 Å². The Bertz CT molecular complexity index is 767. The highest BCUT2D eigenvalue weighted by molar-refractivity contribution is 5.17. The van der Waals surface area contributed by atoms with E-state index in [1.807, 2.05) is 0 Å². The first-order chi connectivity index (χ1) is 15.3. The van der Waals surface area contributed by atoms with Crippen LogP contribution in [0.2, 0.25) is 0 Å². The Balaban J connectivity index is 1.84. The van der Waals surface area contributed by atoms with E-state index in [9.17, 15) is 0 Å². The molecule has 0 N–H and O–H groups in total. The van der Waals surface area contributed by atoms with Gasteiger partial charge in [0.2, 0.25) is 0 Å². The largest absolute Gasteiger partial charge is 0.309 e. The van der Waals surface area contributed by atoms with Gasteiger partial charge in [-0.1, -0.05) is 123 Å². The second-order valence-corrected chi connectivity index (χ2v) is 8.78. The van der Waals surface area contributed by atoms with Crippen LogP contribution in [-0.4, -0.2) is 11.0 Å². The van der Waals surface area contributed by atoms with Gasteiger partial charge >= 0.3 is 0 Å². The number of unbranched alkanes of at least 4 members (excludes halogenated alkanes) is 4. The van der Waals surface area contributed by atoms with Crippen LogP contribution in [0.1, 0.15) is 55.7 Å². The van der Waals surface area contributed by atoms with Gasteiger partial charge in [0.25, 0.3) is 0 Å². The fraction of sp³-hybridized carbons (Fsp3) is 0.333. The van der Waals surface area contributed by atoms with Gasteiger partial charge in [-0.2, -0.15) is 0 Å². The molecule has 1 nitrogen and oxygen atoms in total. The highest BCUT2D eigenvalue weighted by atomic mass is 15.3. The molecule has 162 valence electrons. The molecule has 0 fully saturated rings. The predicted octanol–water partition coefficient (Wildman–Crippen LogP) is 7.93. The Morgan fingerprint density at radius 1 is 0.548 bits per heavy atom. The number of benzene rings is 3. The van der Waals surface area contributed by atoms with Crippen LogP contribution in [-0.2, 0) is 19.6 Å². The molecular formula is C30H38N+. The second kappa shape index (κ2) is 12.9. The van der Waals surface area contributed by atoms with Gasteiger partial charge in [0.1, 0.15) is 19.6 Å². The predicted molar refractivity (Wildman–Crippen MR) is 133 cm³/mol. The van der Waals surface area contributed by atoms with Gasteiger partial charge in [0.15, 0.2) is 0 Å². The van der Waals surface area contributed by atoms with E-state index in [0.717, 1.165) is 30.7 Å². The van der Waals surface area contributed by atoms with Crippen molar-refractivity contribution < 1.29 is 4.48 Å². The molecule has 0 aromatic heterocycles. The average molecular weight is 413 g/mol. The molecule has 3 rings (SSSR count). The Morgan fingerprint density at radius 2 is 1.00 bits per heavy atom. The minimum atomic E-state index is 1.00. The van der Waals surface area contributed by atoms with E-state index in [1.54, 1.807) is 0 Å². The molecule has 0 spiro atoms. The van der Waals surface area contributed by atoms with Gasteiger partial charge < -0.3 is 4.48 Å². The quantitative estimate of drug-likeness (QED) is 0.152. The topological polar surface area (TPSA) is 0 Å². The minimum Gasteiger partial charge on any atom is -0.309 e. The van der Waals surface area contributed by atoms with Gasteiger partial charge in [0, 0.05) is 16.7 Å². The number of hydrogen-bond acceptors (Lipinski definition) is 0. The molecule has 0 heterocycles. The smallest absolute Gasteiger partial charge is 0.105 e. The van der Waals surface area contributed by atoms with Crippen molar-refractivity contribution in [2.24, 2.45) is 0 Å². The summed E-state index contributed by atoms with van der Waals surface area (Å²) in [4.78, 5) is 0. The number of allylic oxidation sites excluding steroid dienone is 1. The maximum atomic E-state index is 2.45. The summed E-state index contributed by atoms with van der Waals surface area (Å²) in [5.74, 6) is 0. The molecule has 3 aromatic carbocycles. The average Bonchev–Trinajstić information content (AvgIpc) is 2.80. The highest BCUT2D eigenvalue weighted by Gasteiger charge is 2.27. The lowest BCUT2D eigenvalue weighted by atomic mass is 10.1. The normalized spacial score (nSPS) is 11.8. The molecule has 0 bridgehead atoms. The number of nitrogens with zero attached hydrogens (tertiary/aromatic N) is 1. The zero-order valence-electron chi connectivity index (χ0n) is 19.1. The molecule has 0 atom stereocenters. The SMILES string of the molecule is CCCCCC/C=C/C[N+](Cc1ccccc1)(Cc1ccccc1)Cc1ccccc1. The van der Waals surface area contributed by atoms with Crippen molar-refractivity contribution in [1.82, 2.24) is 0 Å². The first-order valence-electron chi connectivity index (χ1n) is 11.9. The third kappa shape index (κ3) is 8.19. The van der Waals surface area contributed by atoms with Crippen LogP contribution < -0.4 is 0 Å². The lowest BCUT2D eigenvalue weighted by Crippen LogP contribution is -2.46. The van der Waals surface area contributed by atoms with Crippen LogP contribution in [0, 0.1) is 0 Å². The Kier molecular flexibility index (Phi) is 9.60. The zero-order chi connectivity index (χ0) is 21.6. The number of hydrogen-bond donors (Lipinski definition) is 0. The van der Waals surface area contributed by atoms with Crippen molar-refractivity contribution in [3.05, 3.63) is 120 Å². The molecule has 0 saturated heterocycles. The maximum absolute atomic E-state index is 2.45. The third-order valence-corrected chi connectivity index (χ3v) is 5.97. The van der Waals surface area contributed by atoms with Gasteiger partial charge in [-0.05, 0) is 18.9 Å². The van der Waals surface area contributed by atoms with E-state index in [0.29, 0.717) is 0 Å². The van der Waals surface area contributed by atoms with Crippen LogP contribution in [0.15, 0.2) is 103 Å². The number of rotatable bonds is 13. The van der Waals surface area contributed by atoms with E-state index < -0.39 is 0 Å². The molecule has 0 aliphatic rings. The van der Waals surface area contributed by atoms with Crippen LogP contribution >= 0.6 is 0 Å². The summed E-state index contributed by atoms with van der Waals surface area (Å²) in [6.45, 7) is 6.42. The molecular weight excluding hydrogens is 374 g/mol. The molecule has 0 aliphatic carbocycles. The third-order valence-electron chi connectivity index (χ3n) is 5.97. The molecule has 3 aromatic rings. The zero-order valence-corrected chi connectivity index (χ0v) is 19.1. The summed E-state index contributed by atoms with van der Waals surface area (Å²) >= 11 is 0. The lowest BCUT2D eigenvalue weighted by molar-refractivity contribution is -0.961. The summed E-state index contributed by atoms with van der Waals surface area (Å²) in [5, 5.41) is 0. The second-order valence-electron chi connectivity index (χ2n) is 8.78. The van der Waals surface area contributed by atoms with Crippen molar-refractivity contribution >= 4 is 0 Å². The lowest BCUT2D eigenvalue weighted by Gasteiger charge is -2.38. The highest BCUT2D eigenvalue weighted by Crippen LogP contribution is 2.24. The van der Waals surface area contributed by atoms with Crippen molar-refractivity contribution in [1.29, 1.82) is 0 Å². The van der Waals surface area contributed by atoms with Crippen LogP contribution in [0.25, 0.3) is 0 Å². The molecule has 31 heavy (non-hydrogen) atoms. The first kappa shape index (κ1) is 23.0. The molecule has 1 heteroatoms. The van der Waals surface area contributed by atoms with E-state index in [2.05, 4.69) is 110 Å². The van der Waals surface area contributed by atoms with Crippen LogP contribution in [0.4, 0.5) is 0 Å². The first-order valence-corrected chi connectivity index (χ1v) is 11.9.